The van der Waals surface area contributed by atoms with Crippen LogP contribution in [0.2, 0.25) is 0 Å². The largest absolute Gasteiger partial charge is 0.349 e. The lowest BCUT2D eigenvalue weighted by molar-refractivity contribution is -0.124. The summed E-state index contributed by atoms with van der Waals surface area (Å²) in [4.78, 5) is 16.3. The van der Waals surface area contributed by atoms with Crippen molar-refractivity contribution >= 4 is 5.91 Å². The zero-order chi connectivity index (χ0) is 14.4. The molecule has 4 nitrogen and oxygen atoms in total. The Kier molecular flexibility index (Phi) is 5.12. The van der Waals surface area contributed by atoms with E-state index >= 15 is 0 Å². The van der Waals surface area contributed by atoms with Crippen molar-refractivity contribution < 1.29 is 4.79 Å². The Balaban J connectivity index is 1.89. The Morgan fingerprint density at radius 1 is 1.55 bits per heavy atom. The van der Waals surface area contributed by atoms with E-state index in [1.165, 1.54) is 6.42 Å². The van der Waals surface area contributed by atoms with E-state index in [1.54, 1.807) is 6.20 Å². The molecule has 4 heteroatoms. The average Bonchev–Trinajstić information content (AvgIpc) is 2.49. The topological polar surface area (TPSA) is 68.0 Å². The average molecular weight is 275 g/mol. The molecule has 3 N–H and O–H groups in total. The first-order valence-corrected chi connectivity index (χ1v) is 7.56. The van der Waals surface area contributed by atoms with Crippen molar-refractivity contribution in [3.05, 3.63) is 30.1 Å². The van der Waals surface area contributed by atoms with Crippen molar-refractivity contribution in [2.75, 3.05) is 6.54 Å². The van der Waals surface area contributed by atoms with Gasteiger partial charge >= 0.3 is 0 Å². The zero-order valence-electron chi connectivity index (χ0n) is 12.3. The van der Waals surface area contributed by atoms with E-state index in [0.717, 1.165) is 31.2 Å². The maximum atomic E-state index is 12.2. The molecule has 0 radical (unpaired) electrons. The lowest BCUT2D eigenvalue weighted by Gasteiger charge is -2.42. The number of carbonyl (C=O) groups excluding carboxylic acids is 1. The molecule has 1 amide bonds. The SMILES string of the molecule is CC1CCCCC1(CN)NC(=O)CCc1cccnc1. The quantitative estimate of drug-likeness (QED) is 0.864. The van der Waals surface area contributed by atoms with Gasteiger partial charge in [0.2, 0.25) is 5.91 Å². The van der Waals surface area contributed by atoms with Gasteiger partial charge < -0.3 is 11.1 Å². The molecule has 1 aliphatic rings. The van der Waals surface area contributed by atoms with E-state index in [0.29, 0.717) is 18.9 Å². The van der Waals surface area contributed by atoms with E-state index in [9.17, 15) is 4.79 Å². The van der Waals surface area contributed by atoms with Crippen molar-refractivity contribution in [3.63, 3.8) is 0 Å². The smallest absolute Gasteiger partial charge is 0.220 e. The van der Waals surface area contributed by atoms with Crippen LogP contribution in [0.15, 0.2) is 24.5 Å². The highest BCUT2D eigenvalue weighted by atomic mass is 16.1. The third-order valence-electron chi connectivity index (χ3n) is 4.57. The molecule has 110 valence electrons. The second kappa shape index (κ2) is 6.84. The highest BCUT2D eigenvalue weighted by Gasteiger charge is 2.37. The van der Waals surface area contributed by atoms with Crippen LogP contribution in [0.1, 0.15) is 44.6 Å². The number of aryl methyl sites for hydroxylation is 1. The van der Waals surface area contributed by atoms with Gasteiger partial charge in [0.05, 0.1) is 5.54 Å². The lowest BCUT2D eigenvalue weighted by Crippen LogP contribution is -2.59. The number of carbonyl (C=O) groups is 1. The molecule has 1 heterocycles. The summed E-state index contributed by atoms with van der Waals surface area (Å²) in [5.41, 5.74) is 6.87. The molecule has 1 aromatic rings. The van der Waals surface area contributed by atoms with Gasteiger partial charge in [-0.3, -0.25) is 9.78 Å². The molecule has 1 aliphatic carbocycles. The van der Waals surface area contributed by atoms with Crippen LogP contribution < -0.4 is 11.1 Å². The number of nitrogens with one attached hydrogen (secondary N) is 1. The molecule has 0 saturated heterocycles. The van der Waals surface area contributed by atoms with Gasteiger partial charge in [-0.15, -0.1) is 0 Å². The summed E-state index contributed by atoms with van der Waals surface area (Å²) in [6.07, 6.45) is 9.35. The summed E-state index contributed by atoms with van der Waals surface area (Å²) in [7, 11) is 0. The Labute approximate surface area is 121 Å². The lowest BCUT2D eigenvalue weighted by atomic mass is 9.73. The number of hydrogen-bond acceptors (Lipinski definition) is 3. The number of nitrogens with two attached hydrogens (primary N) is 1. The van der Waals surface area contributed by atoms with Crippen LogP contribution in [0, 0.1) is 5.92 Å². The van der Waals surface area contributed by atoms with Gasteiger partial charge in [0, 0.05) is 25.4 Å². The first kappa shape index (κ1) is 15.0. The minimum atomic E-state index is -0.190. The molecule has 0 bridgehead atoms. The molecule has 0 aromatic carbocycles. The van der Waals surface area contributed by atoms with Gasteiger partial charge in [-0.2, -0.15) is 0 Å². The van der Waals surface area contributed by atoms with Crippen molar-refractivity contribution in [1.82, 2.24) is 10.3 Å². The molecular weight excluding hydrogens is 250 g/mol. The second-order valence-corrected chi connectivity index (χ2v) is 5.92. The maximum Gasteiger partial charge on any atom is 0.220 e. The molecule has 0 spiro atoms. The fourth-order valence-corrected chi connectivity index (χ4v) is 3.10. The van der Waals surface area contributed by atoms with Gasteiger partial charge in [0.1, 0.15) is 0 Å². The van der Waals surface area contributed by atoms with Crippen LogP contribution >= 0.6 is 0 Å². The number of hydrogen-bond donors (Lipinski definition) is 2. The van der Waals surface area contributed by atoms with Crippen molar-refractivity contribution in [2.24, 2.45) is 11.7 Å². The number of amides is 1. The van der Waals surface area contributed by atoms with Crippen LogP contribution in [-0.2, 0) is 11.2 Å². The fraction of sp³-hybridized carbons (Fsp3) is 0.625. The Bertz CT molecular complexity index is 435. The molecule has 2 unspecified atom stereocenters. The van der Waals surface area contributed by atoms with E-state index in [4.69, 9.17) is 5.73 Å². The summed E-state index contributed by atoms with van der Waals surface area (Å²) in [5.74, 6) is 0.566. The summed E-state index contributed by atoms with van der Waals surface area (Å²) in [6.45, 7) is 2.74. The van der Waals surface area contributed by atoms with Crippen molar-refractivity contribution in [1.29, 1.82) is 0 Å². The van der Waals surface area contributed by atoms with E-state index in [2.05, 4.69) is 17.2 Å². The van der Waals surface area contributed by atoms with E-state index in [-0.39, 0.29) is 11.4 Å². The first-order valence-electron chi connectivity index (χ1n) is 7.56. The summed E-state index contributed by atoms with van der Waals surface area (Å²) >= 11 is 0. The van der Waals surface area contributed by atoms with E-state index in [1.807, 2.05) is 18.3 Å². The highest BCUT2D eigenvalue weighted by Crippen LogP contribution is 2.32. The molecule has 1 fully saturated rings. The summed E-state index contributed by atoms with van der Waals surface area (Å²) in [5, 5.41) is 3.22. The second-order valence-electron chi connectivity index (χ2n) is 5.92. The molecule has 1 aromatic heterocycles. The Morgan fingerprint density at radius 3 is 3.05 bits per heavy atom. The third kappa shape index (κ3) is 3.57. The highest BCUT2D eigenvalue weighted by molar-refractivity contribution is 5.77. The van der Waals surface area contributed by atoms with Gasteiger partial charge in [0.15, 0.2) is 0 Å². The Morgan fingerprint density at radius 2 is 2.40 bits per heavy atom. The van der Waals surface area contributed by atoms with Crippen LogP contribution in [0.5, 0.6) is 0 Å². The maximum absolute atomic E-state index is 12.2. The van der Waals surface area contributed by atoms with Crippen LogP contribution in [0.4, 0.5) is 0 Å². The van der Waals surface area contributed by atoms with Gasteiger partial charge in [-0.25, -0.2) is 0 Å². The third-order valence-corrected chi connectivity index (χ3v) is 4.57. The minimum Gasteiger partial charge on any atom is -0.349 e. The first-order chi connectivity index (χ1) is 9.66. The molecular formula is C16H25N3O. The number of aromatic nitrogens is 1. The minimum absolute atomic E-state index is 0.105. The Hall–Kier alpha value is -1.42. The monoisotopic (exact) mass is 275 g/mol. The van der Waals surface area contributed by atoms with Crippen molar-refractivity contribution in [2.45, 2.75) is 51.0 Å². The van der Waals surface area contributed by atoms with Gasteiger partial charge in [-0.05, 0) is 36.8 Å². The van der Waals surface area contributed by atoms with Crippen LogP contribution in [-0.4, -0.2) is 23.0 Å². The number of rotatable bonds is 5. The van der Waals surface area contributed by atoms with Gasteiger partial charge in [0.25, 0.3) is 0 Å². The van der Waals surface area contributed by atoms with Gasteiger partial charge in [-0.1, -0.05) is 25.8 Å². The molecule has 2 rings (SSSR count). The zero-order valence-corrected chi connectivity index (χ0v) is 12.3. The number of nitrogens with zero attached hydrogens (tertiary/aromatic N) is 1. The molecule has 1 saturated carbocycles. The fourth-order valence-electron chi connectivity index (χ4n) is 3.10. The number of pyridine rings is 1. The van der Waals surface area contributed by atoms with Crippen molar-refractivity contribution in [3.8, 4) is 0 Å². The molecule has 0 aliphatic heterocycles. The van der Waals surface area contributed by atoms with Crippen LogP contribution in [0.3, 0.4) is 0 Å². The standard InChI is InChI=1S/C16H25N3O/c1-13-5-2-3-9-16(13,12-17)19-15(20)8-7-14-6-4-10-18-11-14/h4,6,10-11,13H,2-3,5,7-9,12,17H2,1H3,(H,19,20). The summed E-state index contributed by atoms with van der Waals surface area (Å²) in [6, 6.07) is 3.90. The van der Waals surface area contributed by atoms with E-state index < -0.39 is 0 Å². The van der Waals surface area contributed by atoms with Crippen LogP contribution in [0.25, 0.3) is 0 Å². The molecule has 20 heavy (non-hydrogen) atoms. The normalized spacial score (nSPS) is 26.2. The molecule has 2 atom stereocenters. The predicted octanol–water partition coefficient (Wildman–Crippen LogP) is 2.04. The summed E-state index contributed by atoms with van der Waals surface area (Å²) < 4.78 is 0. The predicted molar refractivity (Wildman–Crippen MR) is 80.1 cm³/mol.